The van der Waals surface area contributed by atoms with Gasteiger partial charge in [0.05, 0.1) is 22.1 Å². The average molecular weight is 483 g/mol. The van der Waals surface area contributed by atoms with Gasteiger partial charge >= 0.3 is 6.18 Å². The van der Waals surface area contributed by atoms with Crippen LogP contribution in [-0.2, 0) is 22.3 Å². The zero-order chi connectivity index (χ0) is 25.3. The number of aliphatic hydroxyl groups excluding tert-OH is 1. The molecule has 0 spiro atoms. The van der Waals surface area contributed by atoms with Crippen molar-refractivity contribution in [3.05, 3.63) is 111 Å². The summed E-state index contributed by atoms with van der Waals surface area (Å²) in [5, 5.41) is 22.1. The number of pyridine rings is 1. The fourth-order valence-electron chi connectivity index (χ4n) is 3.90. The average Bonchev–Trinajstić information content (AvgIpc) is 3.08. The number of aliphatic hydroxyl groups is 1. The first-order valence-electron chi connectivity index (χ1n) is 10.2. The predicted molar refractivity (Wildman–Crippen MR) is 117 cm³/mol. The molecule has 2 heterocycles. The number of carbonyl (C=O) groups is 2. The molecule has 1 saturated heterocycles. The molecule has 1 unspecified atom stereocenters. The molecular weight excluding hydrogens is 467 g/mol. The van der Waals surface area contributed by atoms with Gasteiger partial charge in [0.1, 0.15) is 5.76 Å². The highest BCUT2D eigenvalue weighted by Crippen LogP contribution is 2.40. The van der Waals surface area contributed by atoms with Crippen LogP contribution >= 0.6 is 0 Å². The molecule has 1 N–H and O–H groups in total. The van der Waals surface area contributed by atoms with Gasteiger partial charge in [-0.3, -0.25) is 24.7 Å². The van der Waals surface area contributed by atoms with E-state index in [1.807, 2.05) is 0 Å². The maximum atomic E-state index is 13.2. The van der Waals surface area contributed by atoms with E-state index < -0.39 is 40.2 Å². The molecule has 0 radical (unpaired) electrons. The van der Waals surface area contributed by atoms with Crippen LogP contribution in [0.2, 0.25) is 0 Å². The Bertz CT molecular complexity index is 1360. The summed E-state index contributed by atoms with van der Waals surface area (Å²) in [5.74, 6) is -2.74. The number of amides is 1. The first kappa shape index (κ1) is 23.6. The lowest BCUT2D eigenvalue weighted by molar-refractivity contribution is -0.384. The Balaban J connectivity index is 1.84. The normalized spacial score (nSPS) is 17.6. The summed E-state index contributed by atoms with van der Waals surface area (Å²) in [6.45, 7) is -0.354. The Morgan fingerprint density at radius 2 is 1.74 bits per heavy atom. The maximum Gasteiger partial charge on any atom is 0.416 e. The summed E-state index contributed by atoms with van der Waals surface area (Å²) in [6.07, 6.45) is -1.81. The number of hydrogen-bond acceptors (Lipinski definition) is 6. The number of Topliss-reactive ketones (excluding diaryl/α,β-unsaturated/α-hetero) is 1. The van der Waals surface area contributed by atoms with E-state index in [0.29, 0.717) is 5.56 Å². The third-order valence-electron chi connectivity index (χ3n) is 5.50. The van der Waals surface area contributed by atoms with Crippen LogP contribution in [0.1, 0.15) is 28.3 Å². The Kier molecular flexibility index (Phi) is 6.08. The Labute approximate surface area is 196 Å². The number of nitrogens with zero attached hydrogens (tertiary/aromatic N) is 3. The van der Waals surface area contributed by atoms with Gasteiger partial charge in [0.2, 0.25) is 0 Å². The van der Waals surface area contributed by atoms with E-state index in [2.05, 4.69) is 4.98 Å². The van der Waals surface area contributed by atoms with Gasteiger partial charge in [-0.25, -0.2) is 0 Å². The predicted octanol–water partition coefficient (Wildman–Crippen LogP) is 4.63. The second-order valence-electron chi connectivity index (χ2n) is 7.71. The molecule has 3 aromatic rings. The first-order valence-corrected chi connectivity index (χ1v) is 10.2. The van der Waals surface area contributed by atoms with Gasteiger partial charge in [0.25, 0.3) is 17.4 Å². The van der Waals surface area contributed by atoms with Crippen molar-refractivity contribution in [2.24, 2.45) is 0 Å². The summed E-state index contributed by atoms with van der Waals surface area (Å²) in [7, 11) is 0. The standard InChI is InChI=1S/C24H16F3N3O5/c25-24(26,27)17-5-1-3-14(11-17)13-29-20(15-7-9-28-10-8-15)19(22(32)23(29)33)21(31)16-4-2-6-18(12-16)30(34)35/h1-12,20,31H,13H2/b21-19-. The summed E-state index contributed by atoms with van der Waals surface area (Å²) in [6, 6.07) is 11.1. The van der Waals surface area contributed by atoms with Crippen LogP contribution in [0.5, 0.6) is 0 Å². The van der Waals surface area contributed by atoms with Crippen LogP contribution in [0, 0.1) is 10.1 Å². The number of benzene rings is 2. The number of rotatable bonds is 5. The zero-order valence-corrected chi connectivity index (χ0v) is 17.8. The minimum atomic E-state index is -4.60. The molecule has 0 bridgehead atoms. The lowest BCUT2D eigenvalue weighted by atomic mass is 9.95. The van der Waals surface area contributed by atoms with Crippen LogP contribution in [0.4, 0.5) is 18.9 Å². The zero-order valence-electron chi connectivity index (χ0n) is 17.8. The molecule has 1 aromatic heterocycles. The molecule has 1 atom stereocenters. The molecule has 4 rings (SSSR count). The van der Waals surface area contributed by atoms with Gasteiger partial charge in [-0.1, -0.05) is 24.3 Å². The van der Waals surface area contributed by atoms with E-state index in [-0.39, 0.29) is 28.9 Å². The molecule has 2 aromatic carbocycles. The van der Waals surface area contributed by atoms with Gasteiger partial charge in [-0.15, -0.1) is 0 Å². The molecule has 1 aliphatic heterocycles. The molecule has 8 nitrogen and oxygen atoms in total. The lowest BCUT2D eigenvalue weighted by Crippen LogP contribution is -2.29. The third-order valence-corrected chi connectivity index (χ3v) is 5.50. The molecule has 178 valence electrons. The highest BCUT2D eigenvalue weighted by Gasteiger charge is 2.46. The number of hydrogen-bond donors (Lipinski definition) is 1. The van der Waals surface area contributed by atoms with Gasteiger partial charge in [0.15, 0.2) is 0 Å². The second kappa shape index (κ2) is 9.01. The number of likely N-dealkylation sites (tertiary alicyclic amines) is 1. The fourth-order valence-corrected chi connectivity index (χ4v) is 3.90. The van der Waals surface area contributed by atoms with Crippen molar-refractivity contribution in [3.8, 4) is 0 Å². The minimum absolute atomic E-state index is 0.0599. The molecule has 11 heteroatoms. The first-order chi connectivity index (χ1) is 16.6. The number of nitro benzene ring substituents is 1. The smallest absolute Gasteiger partial charge is 0.416 e. The summed E-state index contributed by atoms with van der Waals surface area (Å²) in [5.41, 5.74) is -1.16. The van der Waals surface area contributed by atoms with Crippen molar-refractivity contribution < 1.29 is 32.8 Å². The summed E-state index contributed by atoms with van der Waals surface area (Å²) >= 11 is 0. The van der Waals surface area contributed by atoms with Crippen LogP contribution in [0.3, 0.4) is 0 Å². The van der Waals surface area contributed by atoms with E-state index in [1.165, 1.54) is 54.9 Å². The number of ketones is 1. The number of aromatic nitrogens is 1. The van der Waals surface area contributed by atoms with Gasteiger partial charge in [-0.05, 0) is 35.4 Å². The van der Waals surface area contributed by atoms with Crippen molar-refractivity contribution in [2.75, 3.05) is 0 Å². The van der Waals surface area contributed by atoms with Crippen molar-refractivity contribution in [1.82, 2.24) is 9.88 Å². The van der Waals surface area contributed by atoms with Crippen LogP contribution < -0.4 is 0 Å². The molecule has 35 heavy (non-hydrogen) atoms. The Morgan fingerprint density at radius 1 is 1.06 bits per heavy atom. The summed E-state index contributed by atoms with van der Waals surface area (Å²) < 4.78 is 39.5. The van der Waals surface area contributed by atoms with E-state index in [4.69, 9.17) is 0 Å². The van der Waals surface area contributed by atoms with Crippen molar-refractivity contribution in [2.45, 2.75) is 18.8 Å². The molecule has 1 aliphatic rings. The number of carbonyl (C=O) groups excluding carboxylic acids is 2. The molecule has 1 fully saturated rings. The van der Waals surface area contributed by atoms with E-state index >= 15 is 0 Å². The highest BCUT2D eigenvalue weighted by atomic mass is 19.4. The van der Waals surface area contributed by atoms with Crippen molar-refractivity contribution >= 4 is 23.1 Å². The summed E-state index contributed by atoms with van der Waals surface area (Å²) in [4.78, 5) is 41.4. The van der Waals surface area contributed by atoms with E-state index in [1.54, 1.807) is 0 Å². The maximum absolute atomic E-state index is 13.2. The molecular formula is C24H16F3N3O5. The Morgan fingerprint density at radius 3 is 2.40 bits per heavy atom. The van der Waals surface area contributed by atoms with E-state index in [9.17, 15) is 38.0 Å². The van der Waals surface area contributed by atoms with Crippen molar-refractivity contribution in [1.29, 1.82) is 0 Å². The highest BCUT2D eigenvalue weighted by molar-refractivity contribution is 6.46. The van der Waals surface area contributed by atoms with E-state index in [0.717, 1.165) is 23.1 Å². The number of non-ortho nitro benzene ring substituents is 1. The van der Waals surface area contributed by atoms with Crippen LogP contribution in [-0.4, -0.2) is 31.6 Å². The number of nitro groups is 1. The minimum Gasteiger partial charge on any atom is -0.507 e. The second-order valence-corrected chi connectivity index (χ2v) is 7.71. The third kappa shape index (κ3) is 4.60. The monoisotopic (exact) mass is 483 g/mol. The van der Waals surface area contributed by atoms with Gasteiger partial charge in [0, 0.05) is 36.6 Å². The molecule has 0 saturated carbocycles. The fraction of sp³-hybridized carbons (Fsp3) is 0.125. The number of alkyl halides is 3. The van der Waals surface area contributed by atoms with Crippen LogP contribution in [0.15, 0.2) is 78.6 Å². The van der Waals surface area contributed by atoms with Gasteiger partial charge in [-0.2, -0.15) is 13.2 Å². The Hall–Kier alpha value is -4.54. The molecule has 1 amide bonds. The lowest BCUT2D eigenvalue weighted by Gasteiger charge is -2.25. The molecule has 0 aliphatic carbocycles. The van der Waals surface area contributed by atoms with Gasteiger partial charge < -0.3 is 10.0 Å². The number of halogens is 3. The SMILES string of the molecule is O=C1C(=O)N(Cc2cccc(C(F)(F)F)c2)C(c2ccncc2)/C1=C(/O)c1cccc([N+](=O)[O-])c1. The van der Waals surface area contributed by atoms with Crippen molar-refractivity contribution in [3.63, 3.8) is 0 Å². The topological polar surface area (TPSA) is 114 Å². The van der Waals surface area contributed by atoms with Crippen LogP contribution in [0.25, 0.3) is 5.76 Å². The quantitative estimate of drug-likeness (QED) is 0.186. The largest absolute Gasteiger partial charge is 0.507 e.